The largest absolute Gasteiger partial charge is 0.480 e. The SMILES string of the molecule is Cc1cc(NCCc2csc(SC(C)(C)C(=O)O)n2)n(-c2ccccc2)n1.Cl. The van der Waals surface area contributed by atoms with E-state index in [9.17, 15) is 9.90 Å². The van der Waals surface area contributed by atoms with Gasteiger partial charge in [0.25, 0.3) is 0 Å². The Bertz CT molecular complexity index is 925. The van der Waals surface area contributed by atoms with Crippen LogP contribution >= 0.6 is 35.5 Å². The fraction of sp³-hybridized carbons (Fsp3) is 0.316. The Morgan fingerprint density at radius 3 is 2.71 bits per heavy atom. The number of carboxylic acid groups (broad SMARTS) is 1. The molecule has 0 saturated heterocycles. The highest BCUT2D eigenvalue weighted by molar-refractivity contribution is 8.02. The summed E-state index contributed by atoms with van der Waals surface area (Å²) in [5.41, 5.74) is 2.92. The third-order valence-corrected chi connectivity index (χ3v) is 6.08. The quantitative estimate of drug-likeness (QED) is 0.497. The lowest BCUT2D eigenvalue weighted by molar-refractivity contribution is -0.138. The molecule has 2 heterocycles. The normalized spacial score (nSPS) is 11.1. The van der Waals surface area contributed by atoms with Crippen LogP contribution in [0.25, 0.3) is 5.69 Å². The van der Waals surface area contributed by atoms with Gasteiger partial charge in [-0.1, -0.05) is 30.0 Å². The number of aliphatic carboxylic acids is 1. The van der Waals surface area contributed by atoms with E-state index < -0.39 is 10.7 Å². The molecule has 0 unspecified atom stereocenters. The summed E-state index contributed by atoms with van der Waals surface area (Å²) in [5, 5.41) is 19.2. The van der Waals surface area contributed by atoms with Gasteiger partial charge in [-0.25, -0.2) is 9.67 Å². The van der Waals surface area contributed by atoms with Crippen molar-refractivity contribution >= 4 is 47.3 Å². The zero-order valence-corrected chi connectivity index (χ0v) is 18.3. The molecule has 0 bridgehead atoms. The second-order valence-electron chi connectivity index (χ2n) is 6.62. The summed E-state index contributed by atoms with van der Waals surface area (Å²) < 4.78 is 1.79. The fourth-order valence-corrected chi connectivity index (χ4v) is 4.65. The first-order chi connectivity index (χ1) is 12.8. The number of halogens is 1. The van der Waals surface area contributed by atoms with Crippen molar-refractivity contribution in [2.45, 2.75) is 36.3 Å². The van der Waals surface area contributed by atoms with Gasteiger partial charge in [0, 0.05) is 24.4 Å². The maximum atomic E-state index is 11.2. The minimum absolute atomic E-state index is 0. The molecule has 0 fully saturated rings. The number of benzene rings is 1. The number of hydrogen-bond acceptors (Lipinski definition) is 6. The van der Waals surface area contributed by atoms with Gasteiger partial charge in [-0.2, -0.15) is 5.10 Å². The van der Waals surface area contributed by atoms with Crippen LogP contribution in [0.5, 0.6) is 0 Å². The molecular weight excluding hydrogens is 416 g/mol. The highest BCUT2D eigenvalue weighted by Crippen LogP contribution is 2.34. The van der Waals surface area contributed by atoms with Gasteiger partial charge in [-0.15, -0.1) is 23.7 Å². The van der Waals surface area contributed by atoms with E-state index in [-0.39, 0.29) is 12.4 Å². The van der Waals surface area contributed by atoms with Crippen molar-refractivity contribution in [1.82, 2.24) is 14.8 Å². The van der Waals surface area contributed by atoms with Gasteiger partial charge in [0.05, 0.1) is 17.1 Å². The van der Waals surface area contributed by atoms with Crippen molar-refractivity contribution in [2.24, 2.45) is 0 Å². The monoisotopic (exact) mass is 438 g/mol. The van der Waals surface area contributed by atoms with Crippen molar-refractivity contribution in [3.05, 3.63) is 53.2 Å². The summed E-state index contributed by atoms with van der Waals surface area (Å²) in [6.07, 6.45) is 0.754. The van der Waals surface area contributed by atoms with Crippen LogP contribution < -0.4 is 5.32 Å². The molecule has 6 nitrogen and oxygen atoms in total. The van der Waals surface area contributed by atoms with Crippen molar-refractivity contribution in [3.8, 4) is 5.69 Å². The first-order valence-electron chi connectivity index (χ1n) is 8.58. The molecule has 0 radical (unpaired) electrons. The lowest BCUT2D eigenvalue weighted by Crippen LogP contribution is -2.26. The topological polar surface area (TPSA) is 80.0 Å². The number of nitrogens with one attached hydrogen (secondary N) is 1. The van der Waals surface area contributed by atoms with Crippen LogP contribution in [0, 0.1) is 6.92 Å². The molecule has 0 amide bonds. The first kappa shape index (κ1) is 22.3. The molecule has 0 aliphatic carbocycles. The lowest BCUT2D eigenvalue weighted by atomic mass is 10.2. The molecule has 28 heavy (non-hydrogen) atoms. The maximum Gasteiger partial charge on any atom is 0.319 e. The second kappa shape index (κ2) is 9.45. The summed E-state index contributed by atoms with van der Waals surface area (Å²) in [6, 6.07) is 12.0. The number of carbonyl (C=O) groups is 1. The minimum atomic E-state index is -0.882. The molecule has 3 aromatic rings. The number of anilines is 1. The molecule has 150 valence electrons. The number of carboxylic acids is 1. The van der Waals surface area contributed by atoms with Gasteiger partial charge in [0.2, 0.25) is 0 Å². The number of nitrogens with zero attached hydrogens (tertiary/aromatic N) is 3. The van der Waals surface area contributed by atoms with Crippen LogP contribution in [-0.4, -0.2) is 37.1 Å². The van der Waals surface area contributed by atoms with Crippen molar-refractivity contribution in [2.75, 3.05) is 11.9 Å². The first-order valence-corrected chi connectivity index (χ1v) is 10.3. The Balaban J connectivity index is 0.00000280. The van der Waals surface area contributed by atoms with Crippen LogP contribution in [-0.2, 0) is 11.2 Å². The number of aromatic nitrogens is 3. The van der Waals surface area contributed by atoms with Gasteiger partial charge in [0.1, 0.15) is 10.6 Å². The third kappa shape index (κ3) is 5.50. The van der Waals surface area contributed by atoms with Crippen molar-refractivity contribution in [3.63, 3.8) is 0 Å². The number of aryl methyl sites for hydroxylation is 1. The summed E-state index contributed by atoms with van der Waals surface area (Å²) in [5.74, 6) is 0.103. The smallest absolute Gasteiger partial charge is 0.319 e. The number of thioether (sulfide) groups is 1. The Kier molecular flexibility index (Phi) is 7.51. The van der Waals surface area contributed by atoms with Gasteiger partial charge in [-0.05, 0) is 32.9 Å². The number of para-hydroxylation sites is 1. The average molecular weight is 439 g/mol. The molecule has 0 saturated carbocycles. The molecule has 1 aromatic carbocycles. The molecular formula is C19H23ClN4O2S2. The standard InChI is InChI=1S/C19H22N4O2S2.ClH/c1-13-11-16(23(22-13)15-7-5-4-6-8-15)20-10-9-14-12-26-18(21-14)27-19(2,3)17(24)25;/h4-8,11-12,20H,9-10H2,1-3H3,(H,24,25);1H. The van der Waals surface area contributed by atoms with E-state index in [1.807, 2.05) is 53.4 Å². The highest BCUT2D eigenvalue weighted by Gasteiger charge is 2.29. The van der Waals surface area contributed by atoms with E-state index in [4.69, 9.17) is 0 Å². The Hall–Kier alpha value is -2.03. The van der Waals surface area contributed by atoms with E-state index in [0.29, 0.717) is 6.54 Å². The third-order valence-electron chi connectivity index (χ3n) is 3.91. The molecule has 0 atom stereocenters. The van der Waals surface area contributed by atoms with Gasteiger partial charge in [0.15, 0.2) is 4.34 Å². The summed E-state index contributed by atoms with van der Waals surface area (Å²) in [7, 11) is 0. The van der Waals surface area contributed by atoms with Crippen LogP contribution in [0.4, 0.5) is 5.82 Å². The molecule has 9 heteroatoms. The Morgan fingerprint density at radius 1 is 1.32 bits per heavy atom. The number of hydrogen-bond donors (Lipinski definition) is 2. The minimum Gasteiger partial charge on any atom is -0.480 e. The Labute approximate surface area is 178 Å². The predicted molar refractivity (Wildman–Crippen MR) is 117 cm³/mol. The van der Waals surface area contributed by atoms with Crippen LogP contribution in [0.2, 0.25) is 0 Å². The zero-order valence-electron chi connectivity index (χ0n) is 15.9. The van der Waals surface area contributed by atoms with Crippen LogP contribution in [0.3, 0.4) is 0 Å². The lowest BCUT2D eigenvalue weighted by Gasteiger charge is -2.15. The number of thiazole rings is 1. The maximum absolute atomic E-state index is 11.2. The molecule has 2 N–H and O–H groups in total. The summed E-state index contributed by atoms with van der Waals surface area (Å²) in [6.45, 7) is 6.07. The van der Waals surface area contributed by atoms with E-state index >= 15 is 0 Å². The second-order valence-corrected chi connectivity index (χ2v) is 9.35. The Morgan fingerprint density at radius 2 is 2.04 bits per heavy atom. The predicted octanol–water partition coefficient (Wildman–Crippen LogP) is 4.67. The molecule has 0 spiro atoms. The molecule has 0 aliphatic heterocycles. The van der Waals surface area contributed by atoms with Crippen molar-refractivity contribution < 1.29 is 9.90 Å². The summed E-state index contributed by atoms with van der Waals surface area (Å²) >= 11 is 2.77. The van der Waals surface area contributed by atoms with E-state index in [2.05, 4.69) is 15.4 Å². The highest BCUT2D eigenvalue weighted by atomic mass is 35.5. The molecule has 2 aromatic heterocycles. The molecule has 0 aliphatic rings. The fourth-order valence-electron chi connectivity index (χ4n) is 2.42. The van der Waals surface area contributed by atoms with Gasteiger partial charge >= 0.3 is 5.97 Å². The van der Waals surface area contributed by atoms with E-state index in [1.54, 1.807) is 13.8 Å². The van der Waals surface area contributed by atoms with Crippen molar-refractivity contribution in [1.29, 1.82) is 0 Å². The number of rotatable bonds is 8. The molecule has 3 rings (SSSR count). The van der Waals surface area contributed by atoms with Gasteiger partial charge in [-0.3, -0.25) is 4.79 Å². The zero-order chi connectivity index (χ0) is 19.4. The van der Waals surface area contributed by atoms with E-state index in [0.717, 1.165) is 33.7 Å². The van der Waals surface area contributed by atoms with Crippen LogP contribution in [0.1, 0.15) is 25.2 Å². The average Bonchev–Trinajstić information content (AvgIpc) is 3.21. The van der Waals surface area contributed by atoms with Crippen LogP contribution in [0.15, 0.2) is 46.1 Å². The summed E-state index contributed by atoms with van der Waals surface area (Å²) in [4.78, 5) is 15.8. The van der Waals surface area contributed by atoms with E-state index in [1.165, 1.54) is 23.1 Å². The van der Waals surface area contributed by atoms with Gasteiger partial charge < -0.3 is 10.4 Å².